The third-order valence-corrected chi connectivity index (χ3v) is 48.6. The summed E-state index contributed by atoms with van der Waals surface area (Å²) in [5.41, 5.74) is 10.6. The van der Waals surface area contributed by atoms with Crippen LogP contribution < -0.4 is 20.7 Å². The summed E-state index contributed by atoms with van der Waals surface area (Å²) in [5.74, 6) is 0.647. The van der Waals surface area contributed by atoms with Crippen molar-refractivity contribution in [2.24, 2.45) is 10.8 Å². The first-order valence-corrected chi connectivity index (χ1v) is 50.9. The van der Waals surface area contributed by atoms with Crippen molar-refractivity contribution in [2.45, 2.75) is 269 Å². The van der Waals surface area contributed by atoms with Crippen LogP contribution in [0.1, 0.15) is 194 Å². The van der Waals surface area contributed by atoms with Crippen LogP contribution >= 0.6 is 0 Å². The number of fused-ring (bicyclic) bond motifs is 6. The van der Waals surface area contributed by atoms with E-state index < -0.39 is 43.9 Å². The molecular weight excluding hydrogens is 1560 g/mol. The maximum atomic E-state index is 16.6. The van der Waals surface area contributed by atoms with Crippen molar-refractivity contribution in [1.29, 1.82) is 0 Å². The van der Waals surface area contributed by atoms with E-state index in [2.05, 4.69) is 259 Å². The Hall–Kier alpha value is -5.84. The summed E-state index contributed by atoms with van der Waals surface area (Å²) >= 11 is 0. The van der Waals surface area contributed by atoms with Crippen molar-refractivity contribution in [1.82, 2.24) is 9.13 Å². The molecule has 0 aliphatic rings. The number of aromatic nitrogens is 2. The fourth-order valence-corrected chi connectivity index (χ4v) is 34.1. The molecule has 13 heteroatoms. The van der Waals surface area contributed by atoms with Crippen molar-refractivity contribution in [3.8, 4) is 56.6 Å². The molecule has 8 aromatic carbocycles. The van der Waals surface area contributed by atoms with E-state index in [9.17, 15) is 10.2 Å². The molecule has 584 valence electrons. The Balaban J connectivity index is 0.00000541. The SMILES string of the molecule is CC[Si](CC)(CC)c1ccc2c3ccc([Si](CC)(CC)CC)cc3n(-c3cc(C(C)(C)CC(C)(C)C)cc(-c4cc(F)cc(C)c4[OH+]CCC[OH+]c4c(C)cc(F)cc4-c4cc(C(C)(C)CC(C)(C)C)cc(-n5c6cc([Si](CC)(CC)CC)ccc6c6ccc([Si](CC)(CC)CC)cc65)c4O)c3O)c2c1.[CH3-].[CH3-].[Hf]. The number of phenolic OH excluding ortho intramolecular Hbond substituents is 2. The van der Waals surface area contributed by atoms with Gasteiger partial charge in [0, 0.05) is 69.6 Å². The molecule has 0 saturated heterocycles. The summed E-state index contributed by atoms with van der Waals surface area (Å²) in [6.07, 6.45) is 2.24. The van der Waals surface area contributed by atoms with Gasteiger partial charge in [0.05, 0.1) is 76.9 Å². The topological polar surface area (TPSA) is 75.9 Å². The second-order valence-corrected chi connectivity index (χ2v) is 56.4. The van der Waals surface area contributed by atoms with E-state index in [0.717, 1.165) is 140 Å². The molecule has 0 bridgehead atoms. The Morgan fingerprint density at radius 2 is 0.602 bits per heavy atom. The predicted octanol–water partition coefficient (Wildman–Crippen LogP) is 26.3. The molecule has 10 rings (SSSR count). The van der Waals surface area contributed by atoms with Crippen molar-refractivity contribution >= 4 is 96.7 Å². The molecule has 0 unspecified atom stereocenters. The second kappa shape index (κ2) is 34.6. The van der Waals surface area contributed by atoms with Gasteiger partial charge < -0.3 is 43.7 Å². The zero-order valence-corrected chi connectivity index (χ0v) is 79.1. The number of halogens is 2. The van der Waals surface area contributed by atoms with E-state index in [1.54, 1.807) is 24.3 Å². The number of benzene rings is 8. The molecule has 0 radical (unpaired) electrons. The number of hydrogen-bond donors (Lipinski definition) is 2. The van der Waals surface area contributed by atoms with Gasteiger partial charge in [0.1, 0.15) is 29.6 Å². The maximum absolute atomic E-state index is 16.6. The monoisotopic (exact) mass is 1700 g/mol. The Labute approximate surface area is 674 Å². The van der Waals surface area contributed by atoms with Crippen LogP contribution in [0.5, 0.6) is 23.0 Å². The standard InChI is InChI=1S/C93H128F2N2O4Si4.2CH3.Hf/c1-25-102(26-2,27-3)68-38-42-72-73-43-39-69(103(28-4,29-5)30-6)57-81(73)96(80(72)56-68)84-52-64(92(21,22)60-90(15,16)17)50-76(86(84)98)78-54-66(94)48-62(13)88(78)100-46-37-47-101-89-63(14)49-67(95)55-79(89)77-51-65(93(23,24)61-91(18,19)20)53-85(87(77)99)97-82-58-70(104(31-7,32-8)33-9)40-44-74(82)75-45-41-71(59-83(75)97)105(34-10,35-11)36-12;;;/h38-45,48-59,98-99H,25-37,46-47,60-61H2,1-24H3;2*1H3;/q;2*-1;/p+2. The molecule has 0 aliphatic carbocycles. The van der Waals surface area contributed by atoms with Crippen molar-refractivity contribution < 1.29 is 54.3 Å². The van der Waals surface area contributed by atoms with E-state index in [4.69, 9.17) is 9.47 Å². The van der Waals surface area contributed by atoms with Crippen molar-refractivity contribution in [3.05, 3.63) is 170 Å². The van der Waals surface area contributed by atoms with Crippen LogP contribution in [0.2, 0.25) is 72.5 Å². The van der Waals surface area contributed by atoms with Gasteiger partial charge >= 0.3 is 0 Å². The predicted molar refractivity (Wildman–Crippen MR) is 477 cm³/mol. The summed E-state index contributed by atoms with van der Waals surface area (Å²) in [6.45, 7) is 55.9. The van der Waals surface area contributed by atoms with Crippen LogP contribution in [0.25, 0.3) is 77.2 Å². The first-order chi connectivity index (χ1) is 49.6. The van der Waals surface area contributed by atoms with Gasteiger partial charge in [0.2, 0.25) is 0 Å². The second-order valence-electron chi connectivity index (χ2n) is 35.3. The van der Waals surface area contributed by atoms with Crippen LogP contribution in [-0.4, -0.2) is 74.3 Å². The Morgan fingerprint density at radius 1 is 0.352 bits per heavy atom. The number of aliphatic hydroxyl groups is 2. The van der Waals surface area contributed by atoms with Crippen LogP contribution in [-0.2, 0) is 36.7 Å². The van der Waals surface area contributed by atoms with Gasteiger partial charge in [-0.3, -0.25) is 0 Å². The number of aryl methyl sites for hydroxylation is 2. The van der Waals surface area contributed by atoms with Crippen LogP contribution in [0, 0.1) is 51.2 Å². The summed E-state index contributed by atoms with van der Waals surface area (Å²) in [6, 6.07) is 57.7. The molecule has 0 fully saturated rings. The fraction of sp³-hybridized carbons (Fsp3) is 0.474. The number of rotatable bonds is 30. The largest absolute Gasteiger partial charge is 0.582 e. The first-order valence-electron chi connectivity index (χ1n) is 40.5. The fourth-order valence-electron chi connectivity index (χ4n) is 19.7. The van der Waals surface area contributed by atoms with Gasteiger partial charge in [-0.2, -0.15) is 0 Å². The van der Waals surface area contributed by atoms with E-state index in [1.807, 2.05) is 13.8 Å². The quantitative estimate of drug-likeness (QED) is 0.0204. The molecule has 2 heterocycles. The van der Waals surface area contributed by atoms with Gasteiger partial charge in [-0.1, -0.05) is 294 Å². The van der Waals surface area contributed by atoms with Crippen molar-refractivity contribution in [3.63, 3.8) is 0 Å². The molecule has 0 amide bonds. The molecule has 6 nitrogen and oxygen atoms in total. The molecule has 108 heavy (non-hydrogen) atoms. The third-order valence-electron chi connectivity index (χ3n) is 26.2. The van der Waals surface area contributed by atoms with Gasteiger partial charge in [-0.25, -0.2) is 8.78 Å². The molecule has 10 aromatic rings. The molecule has 0 atom stereocenters. The zero-order chi connectivity index (χ0) is 76.9. The molecule has 0 saturated carbocycles. The number of ether oxygens (including phenoxy) is 2. The van der Waals surface area contributed by atoms with Gasteiger partial charge in [0.15, 0.2) is 13.2 Å². The normalized spacial score (nSPS) is 12.8. The molecule has 0 spiro atoms. The number of aromatic hydroxyl groups is 4. The maximum Gasteiger partial charge on any atom is 0.265 e. The molecule has 4 N–H and O–H groups in total. The van der Waals surface area contributed by atoms with Gasteiger partial charge in [-0.05, 0) is 132 Å². The minimum atomic E-state index is -1.89. The van der Waals surface area contributed by atoms with E-state index in [0.29, 0.717) is 75.9 Å². The van der Waals surface area contributed by atoms with Crippen LogP contribution in [0.3, 0.4) is 0 Å². The van der Waals surface area contributed by atoms with Crippen LogP contribution in [0.15, 0.2) is 121 Å². The summed E-state index contributed by atoms with van der Waals surface area (Å²) in [5, 5.41) is 37.6. The first kappa shape index (κ1) is 89.4. The summed E-state index contributed by atoms with van der Waals surface area (Å²) in [7, 11) is -7.54. The van der Waals surface area contributed by atoms with E-state index in [-0.39, 0.29) is 73.9 Å². The minimum Gasteiger partial charge on any atom is -0.582 e. The van der Waals surface area contributed by atoms with Gasteiger partial charge in [-0.15, -0.1) is 0 Å². The Kier molecular flexibility index (Phi) is 28.7. The average molecular weight is 1700 g/mol. The van der Waals surface area contributed by atoms with Crippen molar-refractivity contribution in [2.75, 3.05) is 13.2 Å². The van der Waals surface area contributed by atoms with Crippen LogP contribution in [0.4, 0.5) is 8.78 Å². The number of phenols is 2. The minimum absolute atomic E-state index is 0. The number of hydrogen-bond acceptors (Lipinski definition) is 2. The average Bonchev–Trinajstić information content (AvgIpc) is 1.54. The summed E-state index contributed by atoms with van der Waals surface area (Å²) < 4.78 is 48.8. The van der Waals surface area contributed by atoms with E-state index in [1.165, 1.54) is 20.7 Å². The number of nitrogens with zero attached hydrogens (tertiary/aromatic N) is 2. The van der Waals surface area contributed by atoms with E-state index >= 15 is 8.78 Å². The third kappa shape index (κ3) is 16.8. The summed E-state index contributed by atoms with van der Waals surface area (Å²) in [4.78, 5) is 0. The Morgan fingerprint density at radius 3 is 0.833 bits per heavy atom. The Bertz CT molecular complexity index is 4330. The van der Waals surface area contributed by atoms with Gasteiger partial charge in [0.25, 0.3) is 11.5 Å². The smallest absolute Gasteiger partial charge is 0.265 e. The molecule has 2 aromatic heterocycles. The molecule has 0 aliphatic heterocycles. The zero-order valence-electron chi connectivity index (χ0n) is 71.5. The molecular formula is C95H136F2HfN2O4Si4.